The highest BCUT2D eigenvalue weighted by atomic mass is 15.2. The summed E-state index contributed by atoms with van der Waals surface area (Å²) in [6.07, 6.45) is 5.10. The van der Waals surface area contributed by atoms with Gasteiger partial charge in [0.25, 0.3) is 0 Å². The van der Waals surface area contributed by atoms with Crippen molar-refractivity contribution >= 4 is 0 Å². The highest BCUT2D eigenvalue weighted by Gasteiger charge is 2.28. The Morgan fingerprint density at radius 3 is 2.29 bits per heavy atom. The van der Waals surface area contributed by atoms with Crippen LogP contribution in [0.4, 0.5) is 0 Å². The van der Waals surface area contributed by atoms with E-state index in [1.807, 2.05) is 0 Å². The van der Waals surface area contributed by atoms with Crippen LogP contribution in [0.15, 0.2) is 30.3 Å². The lowest BCUT2D eigenvalue weighted by molar-refractivity contribution is 0.0652. The van der Waals surface area contributed by atoms with Crippen LogP contribution >= 0.6 is 0 Å². The molecule has 0 unspecified atom stereocenters. The van der Waals surface area contributed by atoms with E-state index < -0.39 is 0 Å². The second-order valence-electron chi connectivity index (χ2n) is 7.46. The maximum atomic E-state index is 2.63. The molecule has 0 aliphatic carbocycles. The quantitative estimate of drug-likeness (QED) is 0.813. The minimum atomic E-state index is 0.330. The Kier molecular flexibility index (Phi) is 5.83. The van der Waals surface area contributed by atoms with Crippen molar-refractivity contribution in [2.24, 2.45) is 0 Å². The van der Waals surface area contributed by atoms with Crippen LogP contribution < -0.4 is 0 Å². The molecule has 2 rings (SSSR count). The van der Waals surface area contributed by atoms with Gasteiger partial charge in [0.05, 0.1) is 0 Å². The van der Waals surface area contributed by atoms with Crippen LogP contribution in [0.3, 0.4) is 0 Å². The molecule has 1 fully saturated rings. The van der Waals surface area contributed by atoms with Crippen LogP contribution in [0, 0.1) is 0 Å². The number of likely N-dealkylation sites (tertiary alicyclic amines) is 1. The fourth-order valence-electron chi connectivity index (χ4n) is 3.34. The molecule has 0 saturated carbocycles. The molecule has 2 heteroatoms. The van der Waals surface area contributed by atoms with E-state index >= 15 is 0 Å². The summed E-state index contributed by atoms with van der Waals surface area (Å²) in [5.74, 6) is 0. The van der Waals surface area contributed by atoms with E-state index in [9.17, 15) is 0 Å². The fourth-order valence-corrected chi connectivity index (χ4v) is 3.34. The highest BCUT2D eigenvalue weighted by Crippen LogP contribution is 2.22. The number of hydrogen-bond acceptors (Lipinski definition) is 2. The average molecular weight is 288 g/mol. The Labute approximate surface area is 131 Å². The van der Waals surface area contributed by atoms with Gasteiger partial charge in [0.2, 0.25) is 0 Å². The first-order valence-electron chi connectivity index (χ1n) is 8.46. The lowest BCUT2D eigenvalue weighted by Gasteiger charge is -2.43. The van der Waals surface area contributed by atoms with Gasteiger partial charge in [-0.15, -0.1) is 0 Å². The van der Waals surface area contributed by atoms with Crippen molar-refractivity contribution in [2.75, 3.05) is 26.7 Å². The van der Waals surface area contributed by atoms with E-state index in [1.165, 1.54) is 50.9 Å². The molecule has 1 heterocycles. The summed E-state index contributed by atoms with van der Waals surface area (Å²) in [7, 11) is 2.31. The van der Waals surface area contributed by atoms with Gasteiger partial charge in [-0.2, -0.15) is 0 Å². The van der Waals surface area contributed by atoms with Gasteiger partial charge in [0.1, 0.15) is 0 Å². The molecule has 2 nitrogen and oxygen atoms in total. The number of benzene rings is 1. The molecule has 0 amide bonds. The van der Waals surface area contributed by atoms with E-state index in [-0.39, 0.29) is 0 Å². The standard InChI is InChI=1S/C19H32N2/c1-19(2,3)21-15-12-18(13-16-21)20(4)14-8-11-17-9-6-5-7-10-17/h5-7,9-10,18H,8,11-16H2,1-4H3. The van der Waals surface area contributed by atoms with Crippen LogP contribution in [0.2, 0.25) is 0 Å². The van der Waals surface area contributed by atoms with E-state index in [4.69, 9.17) is 0 Å². The lowest BCUT2D eigenvalue weighted by Crippen LogP contribution is -2.50. The van der Waals surface area contributed by atoms with Gasteiger partial charge < -0.3 is 4.90 Å². The van der Waals surface area contributed by atoms with Crippen LogP contribution in [0.5, 0.6) is 0 Å². The molecule has 118 valence electrons. The number of piperidine rings is 1. The number of rotatable bonds is 5. The summed E-state index contributed by atoms with van der Waals surface area (Å²) < 4.78 is 0. The summed E-state index contributed by atoms with van der Waals surface area (Å²) in [5.41, 5.74) is 1.80. The van der Waals surface area contributed by atoms with Crippen molar-refractivity contribution in [1.29, 1.82) is 0 Å². The average Bonchev–Trinajstić information content (AvgIpc) is 2.47. The van der Waals surface area contributed by atoms with Crippen LogP contribution in [0.25, 0.3) is 0 Å². The molecule has 0 N–H and O–H groups in total. The number of nitrogens with zero attached hydrogens (tertiary/aromatic N) is 2. The lowest BCUT2D eigenvalue weighted by atomic mass is 9.97. The van der Waals surface area contributed by atoms with Gasteiger partial charge in [-0.3, -0.25) is 4.90 Å². The molecular weight excluding hydrogens is 256 g/mol. The summed E-state index contributed by atoms with van der Waals surface area (Å²) in [6.45, 7) is 10.7. The zero-order chi connectivity index (χ0) is 15.3. The topological polar surface area (TPSA) is 6.48 Å². The largest absolute Gasteiger partial charge is 0.303 e. The zero-order valence-electron chi connectivity index (χ0n) is 14.3. The highest BCUT2D eigenvalue weighted by molar-refractivity contribution is 5.14. The third-order valence-corrected chi connectivity index (χ3v) is 4.86. The van der Waals surface area contributed by atoms with Crippen molar-refractivity contribution < 1.29 is 0 Å². The first-order valence-corrected chi connectivity index (χ1v) is 8.46. The molecule has 1 aliphatic rings. The third-order valence-electron chi connectivity index (χ3n) is 4.86. The van der Waals surface area contributed by atoms with E-state index in [0.29, 0.717) is 5.54 Å². The van der Waals surface area contributed by atoms with Gasteiger partial charge in [-0.25, -0.2) is 0 Å². The van der Waals surface area contributed by atoms with Gasteiger partial charge >= 0.3 is 0 Å². The molecule has 0 aromatic heterocycles. The molecular formula is C19H32N2. The molecule has 1 aromatic rings. The smallest absolute Gasteiger partial charge is 0.0125 e. The second-order valence-corrected chi connectivity index (χ2v) is 7.46. The van der Waals surface area contributed by atoms with Crippen LogP contribution in [-0.4, -0.2) is 48.1 Å². The predicted molar refractivity (Wildman–Crippen MR) is 91.7 cm³/mol. The maximum Gasteiger partial charge on any atom is 0.0125 e. The van der Waals surface area contributed by atoms with Crippen LogP contribution in [0.1, 0.15) is 45.6 Å². The molecule has 0 bridgehead atoms. The van der Waals surface area contributed by atoms with Crippen molar-refractivity contribution in [1.82, 2.24) is 9.80 Å². The minimum Gasteiger partial charge on any atom is -0.303 e. The Bertz CT molecular complexity index is 399. The molecule has 1 aromatic carbocycles. The Morgan fingerprint density at radius 1 is 1.10 bits per heavy atom. The first-order chi connectivity index (χ1) is 9.97. The Hall–Kier alpha value is -0.860. The summed E-state index contributed by atoms with van der Waals surface area (Å²) in [4.78, 5) is 5.21. The molecule has 1 saturated heterocycles. The molecule has 0 spiro atoms. The van der Waals surface area contributed by atoms with Crippen molar-refractivity contribution in [3.05, 3.63) is 35.9 Å². The van der Waals surface area contributed by atoms with Crippen molar-refractivity contribution in [3.8, 4) is 0 Å². The zero-order valence-corrected chi connectivity index (χ0v) is 14.3. The van der Waals surface area contributed by atoms with Gasteiger partial charge in [-0.05, 0) is 65.6 Å². The van der Waals surface area contributed by atoms with Crippen molar-refractivity contribution in [2.45, 2.75) is 58.0 Å². The Balaban J connectivity index is 1.69. The first kappa shape index (κ1) is 16.5. The SMILES string of the molecule is CN(CCCc1ccccc1)C1CCN(C(C)(C)C)CC1. The molecule has 1 aliphatic heterocycles. The van der Waals surface area contributed by atoms with Gasteiger partial charge in [0, 0.05) is 24.7 Å². The summed E-state index contributed by atoms with van der Waals surface area (Å²) >= 11 is 0. The molecule has 0 atom stereocenters. The third kappa shape index (κ3) is 5.12. The maximum absolute atomic E-state index is 2.63. The summed E-state index contributed by atoms with van der Waals surface area (Å²) in [6, 6.07) is 11.6. The van der Waals surface area contributed by atoms with Gasteiger partial charge in [0.15, 0.2) is 0 Å². The van der Waals surface area contributed by atoms with Crippen LogP contribution in [-0.2, 0) is 6.42 Å². The normalized spacial score (nSPS) is 18.3. The summed E-state index contributed by atoms with van der Waals surface area (Å²) in [5, 5.41) is 0. The predicted octanol–water partition coefficient (Wildman–Crippen LogP) is 3.81. The monoisotopic (exact) mass is 288 g/mol. The minimum absolute atomic E-state index is 0.330. The molecule has 21 heavy (non-hydrogen) atoms. The van der Waals surface area contributed by atoms with E-state index in [1.54, 1.807) is 0 Å². The van der Waals surface area contributed by atoms with Crippen molar-refractivity contribution in [3.63, 3.8) is 0 Å². The van der Waals surface area contributed by atoms with E-state index in [0.717, 1.165) is 6.04 Å². The molecule has 0 radical (unpaired) electrons. The Morgan fingerprint density at radius 2 is 1.71 bits per heavy atom. The number of aryl methyl sites for hydroxylation is 1. The second kappa shape index (κ2) is 7.42. The van der Waals surface area contributed by atoms with Gasteiger partial charge in [-0.1, -0.05) is 30.3 Å². The number of hydrogen-bond donors (Lipinski definition) is 0. The van der Waals surface area contributed by atoms with E-state index in [2.05, 4.69) is 68.0 Å². The fraction of sp³-hybridized carbons (Fsp3) is 0.684.